The summed E-state index contributed by atoms with van der Waals surface area (Å²) < 4.78 is 3.43. The van der Waals surface area contributed by atoms with Crippen LogP contribution in [0.1, 0.15) is 0 Å². The van der Waals surface area contributed by atoms with Crippen LogP contribution in [-0.4, -0.2) is 61.7 Å². The van der Waals surface area contributed by atoms with E-state index < -0.39 is 0 Å². The van der Waals surface area contributed by atoms with Gasteiger partial charge >= 0.3 is 0 Å². The molecular formula is C20H22Cl2N6. The van der Waals surface area contributed by atoms with Crippen molar-refractivity contribution >= 4 is 58.0 Å². The van der Waals surface area contributed by atoms with Gasteiger partial charge in [-0.2, -0.15) is 0 Å². The summed E-state index contributed by atoms with van der Waals surface area (Å²) in [4.78, 5) is 13.8. The summed E-state index contributed by atoms with van der Waals surface area (Å²) in [5.74, 6) is 1.88. The first-order valence-electron chi connectivity index (χ1n) is 9.15. The zero-order chi connectivity index (χ0) is 19.7. The van der Waals surface area contributed by atoms with Crippen molar-refractivity contribution in [1.29, 1.82) is 0 Å². The molecule has 4 rings (SSSR count). The lowest BCUT2D eigenvalue weighted by Gasteiger charge is -2.32. The number of fused-ring (bicyclic) bond motifs is 2. The lowest BCUT2D eigenvalue weighted by Crippen LogP contribution is -2.43. The molecule has 0 N–H and O–H groups in total. The second-order valence-electron chi connectivity index (χ2n) is 6.92. The molecule has 0 atom stereocenters. The zero-order valence-corrected chi connectivity index (χ0v) is 17.4. The van der Waals surface area contributed by atoms with Crippen molar-refractivity contribution in [2.24, 2.45) is 9.98 Å². The van der Waals surface area contributed by atoms with E-state index in [0.29, 0.717) is 13.1 Å². The van der Waals surface area contributed by atoms with Crippen molar-refractivity contribution in [1.82, 2.24) is 9.80 Å². The Bertz CT molecular complexity index is 853. The minimum Gasteiger partial charge on any atom is -0.360 e. The Morgan fingerprint density at radius 3 is 1.57 bits per heavy atom. The van der Waals surface area contributed by atoms with Crippen molar-refractivity contribution in [2.45, 2.75) is 0 Å². The predicted octanol–water partition coefficient (Wildman–Crippen LogP) is 4.26. The number of benzene rings is 2. The van der Waals surface area contributed by atoms with Crippen molar-refractivity contribution in [3.63, 3.8) is 0 Å². The molecule has 0 bridgehead atoms. The molecule has 2 heterocycles. The van der Waals surface area contributed by atoms with Crippen LogP contribution in [0.3, 0.4) is 0 Å². The fourth-order valence-electron chi connectivity index (χ4n) is 3.27. The van der Waals surface area contributed by atoms with Crippen molar-refractivity contribution in [2.75, 3.05) is 49.1 Å². The van der Waals surface area contributed by atoms with Gasteiger partial charge in [0.15, 0.2) is 0 Å². The number of nitrogens with zero attached hydrogens (tertiary/aromatic N) is 6. The van der Waals surface area contributed by atoms with Gasteiger partial charge in [-0.15, -0.1) is 0 Å². The van der Waals surface area contributed by atoms with Gasteiger partial charge in [-0.1, -0.05) is 24.3 Å². The molecule has 0 unspecified atom stereocenters. The van der Waals surface area contributed by atoms with E-state index in [9.17, 15) is 0 Å². The number of hydrogen-bond acceptors (Lipinski definition) is 6. The van der Waals surface area contributed by atoms with Gasteiger partial charge < -0.3 is 9.80 Å². The van der Waals surface area contributed by atoms with Gasteiger partial charge in [-0.3, -0.25) is 8.84 Å². The summed E-state index contributed by atoms with van der Waals surface area (Å²) in [6.07, 6.45) is 0. The molecule has 2 aromatic rings. The normalized spacial score (nSPS) is 15.4. The van der Waals surface area contributed by atoms with E-state index in [-0.39, 0.29) is 0 Å². The largest absolute Gasteiger partial charge is 0.360 e. The fraction of sp³-hybridized carbons (Fsp3) is 0.300. The average Bonchev–Trinajstić information content (AvgIpc) is 2.71. The Morgan fingerprint density at radius 1 is 0.750 bits per heavy atom. The first-order valence-corrected chi connectivity index (χ1v) is 9.82. The molecule has 0 saturated heterocycles. The van der Waals surface area contributed by atoms with E-state index >= 15 is 0 Å². The van der Waals surface area contributed by atoms with Gasteiger partial charge in [0, 0.05) is 50.7 Å². The quantitative estimate of drug-likeness (QED) is 0.700. The van der Waals surface area contributed by atoms with Gasteiger partial charge in [0.1, 0.15) is 11.7 Å². The smallest absolute Gasteiger partial charge is 0.126 e. The number of amidine groups is 2. The number of hydrogen-bond donors (Lipinski definition) is 0. The number of rotatable bonds is 3. The van der Waals surface area contributed by atoms with Gasteiger partial charge in [-0.05, 0) is 24.3 Å². The Morgan fingerprint density at radius 2 is 1.14 bits per heavy atom. The standard InChI is InChI=1S/C20H22Cl2N6/c1-25(19-13-27(21)17-9-5-3-7-15(17)23-19)11-12-26(2)20-14-28(22)18-10-6-4-8-16(18)24-20/h3-10H,11-14H2,1-2H3. The van der Waals surface area contributed by atoms with E-state index in [1.807, 2.05) is 62.6 Å². The maximum atomic E-state index is 6.41. The molecule has 0 aliphatic carbocycles. The average molecular weight is 417 g/mol. The topological polar surface area (TPSA) is 37.7 Å². The molecule has 146 valence electrons. The molecule has 2 aromatic carbocycles. The maximum absolute atomic E-state index is 6.41. The summed E-state index contributed by atoms with van der Waals surface area (Å²) >= 11 is 12.8. The van der Waals surface area contributed by atoms with E-state index in [1.54, 1.807) is 8.84 Å². The van der Waals surface area contributed by atoms with Crippen LogP contribution in [0.15, 0.2) is 58.5 Å². The third-order valence-corrected chi connectivity index (χ3v) is 5.60. The number of aliphatic imine (C=N–C) groups is 2. The van der Waals surface area contributed by atoms with E-state index in [0.717, 1.165) is 47.5 Å². The first-order chi connectivity index (χ1) is 13.5. The van der Waals surface area contributed by atoms with Crippen molar-refractivity contribution < 1.29 is 0 Å². The Balaban J connectivity index is 1.42. The van der Waals surface area contributed by atoms with Gasteiger partial charge in [0.05, 0.1) is 35.8 Å². The molecule has 8 heteroatoms. The van der Waals surface area contributed by atoms with Crippen LogP contribution in [0.5, 0.6) is 0 Å². The molecule has 2 aliphatic heterocycles. The second-order valence-corrected chi connectivity index (χ2v) is 7.73. The summed E-state index contributed by atoms with van der Waals surface area (Å²) in [6, 6.07) is 15.8. The Kier molecular flexibility index (Phi) is 5.33. The molecular weight excluding hydrogens is 395 g/mol. The molecule has 28 heavy (non-hydrogen) atoms. The minimum atomic E-state index is 0.572. The van der Waals surface area contributed by atoms with Crippen LogP contribution in [0.25, 0.3) is 0 Å². The Labute approximate surface area is 175 Å². The fourth-order valence-corrected chi connectivity index (χ4v) is 3.77. The molecule has 6 nitrogen and oxygen atoms in total. The SMILES string of the molecule is CN(CCN(C)C1=Nc2ccccc2N(Cl)C1)C1=Nc2ccccc2N(Cl)C1. The second kappa shape index (κ2) is 7.89. The highest BCUT2D eigenvalue weighted by atomic mass is 35.5. The van der Waals surface area contributed by atoms with Crippen LogP contribution in [0.4, 0.5) is 22.7 Å². The summed E-state index contributed by atoms with van der Waals surface area (Å²) in [6.45, 7) is 2.74. The van der Waals surface area contributed by atoms with Crippen LogP contribution < -0.4 is 8.84 Å². The van der Waals surface area contributed by atoms with Gasteiger partial charge in [-0.25, -0.2) is 9.98 Å². The predicted molar refractivity (Wildman–Crippen MR) is 119 cm³/mol. The lowest BCUT2D eigenvalue weighted by atomic mass is 10.2. The van der Waals surface area contributed by atoms with E-state index in [1.165, 1.54) is 0 Å². The zero-order valence-electron chi connectivity index (χ0n) is 15.9. The van der Waals surface area contributed by atoms with Gasteiger partial charge in [0.25, 0.3) is 0 Å². The third kappa shape index (κ3) is 3.75. The third-order valence-electron chi connectivity index (χ3n) is 5.00. The number of anilines is 2. The van der Waals surface area contributed by atoms with Gasteiger partial charge in [0.2, 0.25) is 0 Å². The molecule has 0 radical (unpaired) electrons. The lowest BCUT2D eigenvalue weighted by molar-refractivity contribution is 0.406. The molecule has 0 fully saturated rings. The summed E-state index contributed by atoms with van der Waals surface area (Å²) in [7, 11) is 4.08. The maximum Gasteiger partial charge on any atom is 0.126 e. The summed E-state index contributed by atoms with van der Waals surface area (Å²) in [5, 5.41) is 0. The Hall–Kier alpha value is -2.44. The number of para-hydroxylation sites is 4. The molecule has 2 aliphatic rings. The monoisotopic (exact) mass is 416 g/mol. The van der Waals surface area contributed by atoms with Crippen LogP contribution in [-0.2, 0) is 0 Å². The summed E-state index contributed by atoms with van der Waals surface area (Å²) in [5.41, 5.74) is 3.67. The highest BCUT2D eigenvalue weighted by Crippen LogP contribution is 2.34. The van der Waals surface area contributed by atoms with E-state index in [2.05, 4.69) is 9.80 Å². The van der Waals surface area contributed by atoms with Crippen molar-refractivity contribution in [3.05, 3.63) is 48.5 Å². The number of likely N-dealkylation sites (N-methyl/N-ethyl adjacent to an activating group) is 2. The molecule has 0 spiro atoms. The molecule has 0 saturated carbocycles. The van der Waals surface area contributed by atoms with Crippen molar-refractivity contribution in [3.8, 4) is 0 Å². The van der Waals surface area contributed by atoms with Crippen LogP contribution in [0, 0.1) is 0 Å². The van der Waals surface area contributed by atoms with Crippen LogP contribution in [0.2, 0.25) is 0 Å². The molecule has 0 amide bonds. The minimum absolute atomic E-state index is 0.572. The van der Waals surface area contributed by atoms with E-state index in [4.69, 9.17) is 33.5 Å². The highest BCUT2D eigenvalue weighted by Gasteiger charge is 2.22. The van der Waals surface area contributed by atoms with Crippen LogP contribution >= 0.6 is 23.6 Å². The first kappa shape index (κ1) is 18.9. The highest BCUT2D eigenvalue weighted by molar-refractivity contribution is 6.29. The molecule has 0 aromatic heterocycles. The number of halogens is 2.